The van der Waals surface area contributed by atoms with Crippen molar-refractivity contribution in [3.8, 4) is 23.4 Å². The summed E-state index contributed by atoms with van der Waals surface area (Å²) in [6, 6.07) is 13.0. The predicted molar refractivity (Wildman–Crippen MR) is 140 cm³/mol. The Kier molecular flexibility index (Phi) is 7.02. The molecule has 0 atom stereocenters. The van der Waals surface area contributed by atoms with Crippen molar-refractivity contribution in [1.29, 1.82) is 5.26 Å². The van der Waals surface area contributed by atoms with Crippen LogP contribution in [0.3, 0.4) is 0 Å². The van der Waals surface area contributed by atoms with Gasteiger partial charge in [-0.3, -0.25) is 9.59 Å². The lowest BCUT2D eigenvalue weighted by Crippen LogP contribution is -2.14. The average molecular weight is 496 g/mol. The minimum atomic E-state index is -0.467. The van der Waals surface area contributed by atoms with E-state index in [0.29, 0.717) is 17.1 Å². The molecular formula is C28H25N5O4. The number of aromatic nitrogens is 3. The zero-order chi connectivity index (χ0) is 26.7. The molecule has 0 spiro atoms. The van der Waals surface area contributed by atoms with Crippen LogP contribution in [0, 0.1) is 32.1 Å². The number of hydrogen-bond donors (Lipinski definition) is 1. The zero-order valence-corrected chi connectivity index (χ0v) is 21.1. The number of ether oxygens (including phenoxy) is 2. The van der Waals surface area contributed by atoms with Gasteiger partial charge in [0, 0.05) is 18.4 Å². The number of carbonyl (C=O) groups is 2. The number of hydrogen-bond acceptors (Lipinski definition) is 7. The van der Waals surface area contributed by atoms with Gasteiger partial charge in [-0.15, -0.1) is 0 Å². The fraction of sp³-hybridized carbons (Fsp3) is 0.179. The SMILES string of the molecule is COc1cc(/C=C/C(=O)Nc2c(C#N)cnn2-c2cc(C)c3cc(C)cc(C)c3n2)ccc1OC(C)=O. The van der Waals surface area contributed by atoms with Gasteiger partial charge in [-0.05, 0) is 67.8 Å². The molecule has 2 aromatic carbocycles. The van der Waals surface area contributed by atoms with Crippen molar-refractivity contribution in [3.63, 3.8) is 0 Å². The fourth-order valence-electron chi connectivity index (χ4n) is 4.02. The molecule has 0 bridgehead atoms. The highest BCUT2D eigenvalue weighted by Gasteiger charge is 2.17. The first-order valence-corrected chi connectivity index (χ1v) is 11.4. The van der Waals surface area contributed by atoms with Crippen LogP contribution in [0.4, 0.5) is 5.82 Å². The highest BCUT2D eigenvalue weighted by Crippen LogP contribution is 2.29. The van der Waals surface area contributed by atoms with Crippen LogP contribution in [0.5, 0.6) is 11.5 Å². The molecule has 0 unspecified atom stereocenters. The van der Waals surface area contributed by atoms with E-state index in [4.69, 9.17) is 14.5 Å². The number of aryl methyl sites for hydroxylation is 3. The molecule has 9 nitrogen and oxygen atoms in total. The Hall–Kier alpha value is -4.97. The van der Waals surface area contributed by atoms with Crippen LogP contribution < -0.4 is 14.8 Å². The van der Waals surface area contributed by atoms with Crippen LogP contribution in [-0.2, 0) is 9.59 Å². The van der Waals surface area contributed by atoms with Gasteiger partial charge in [0.25, 0.3) is 0 Å². The lowest BCUT2D eigenvalue weighted by atomic mass is 10.0. The second kappa shape index (κ2) is 10.3. The van der Waals surface area contributed by atoms with Gasteiger partial charge in [0.2, 0.25) is 5.91 Å². The molecule has 9 heteroatoms. The lowest BCUT2D eigenvalue weighted by Gasteiger charge is -2.12. The van der Waals surface area contributed by atoms with Gasteiger partial charge < -0.3 is 14.8 Å². The van der Waals surface area contributed by atoms with E-state index in [2.05, 4.69) is 28.6 Å². The van der Waals surface area contributed by atoms with E-state index in [9.17, 15) is 14.9 Å². The Labute approximate surface area is 214 Å². The number of rotatable bonds is 6. The molecule has 2 heterocycles. The number of esters is 1. The Morgan fingerprint density at radius 1 is 1.08 bits per heavy atom. The van der Waals surface area contributed by atoms with E-state index in [1.54, 1.807) is 24.3 Å². The molecule has 0 aliphatic carbocycles. The summed E-state index contributed by atoms with van der Waals surface area (Å²) in [6.07, 6.45) is 4.29. The number of methoxy groups -OCH3 is 1. The predicted octanol–water partition coefficient (Wildman–Crippen LogP) is 4.80. The van der Waals surface area contributed by atoms with Crippen molar-refractivity contribution in [1.82, 2.24) is 14.8 Å². The number of benzene rings is 2. The Bertz CT molecular complexity index is 1610. The highest BCUT2D eigenvalue weighted by molar-refractivity contribution is 6.02. The fourth-order valence-corrected chi connectivity index (χ4v) is 4.02. The summed E-state index contributed by atoms with van der Waals surface area (Å²) in [5.74, 6) is 0.408. The summed E-state index contributed by atoms with van der Waals surface area (Å²) < 4.78 is 11.8. The number of anilines is 1. The van der Waals surface area contributed by atoms with Crippen molar-refractivity contribution >= 4 is 34.7 Å². The maximum atomic E-state index is 12.8. The van der Waals surface area contributed by atoms with Crippen LogP contribution in [0.1, 0.15) is 34.7 Å². The maximum Gasteiger partial charge on any atom is 0.308 e. The van der Waals surface area contributed by atoms with Gasteiger partial charge in [-0.2, -0.15) is 15.0 Å². The summed E-state index contributed by atoms with van der Waals surface area (Å²) in [4.78, 5) is 28.8. The monoisotopic (exact) mass is 495 g/mol. The molecule has 0 saturated carbocycles. The van der Waals surface area contributed by atoms with E-state index < -0.39 is 11.9 Å². The third-order valence-corrected chi connectivity index (χ3v) is 5.66. The van der Waals surface area contributed by atoms with Gasteiger partial charge in [-0.25, -0.2) is 4.98 Å². The van der Waals surface area contributed by atoms with E-state index in [1.807, 2.05) is 26.8 Å². The van der Waals surface area contributed by atoms with Crippen LogP contribution >= 0.6 is 0 Å². The summed E-state index contributed by atoms with van der Waals surface area (Å²) >= 11 is 0. The zero-order valence-electron chi connectivity index (χ0n) is 21.1. The van der Waals surface area contributed by atoms with Crippen molar-refractivity contribution in [3.05, 3.63) is 76.5 Å². The van der Waals surface area contributed by atoms with Crippen LogP contribution in [0.2, 0.25) is 0 Å². The van der Waals surface area contributed by atoms with Crippen LogP contribution in [-0.4, -0.2) is 33.8 Å². The number of nitrogens with one attached hydrogen (secondary N) is 1. The van der Waals surface area contributed by atoms with Gasteiger partial charge >= 0.3 is 5.97 Å². The van der Waals surface area contributed by atoms with Crippen molar-refractivity contribution < 1.29 is 19.1 Å². The molecule has 4 rings (SSSR count). The minimum Gasteiger partial charge on any atom is -0.493 e. The third kappa shape index (κ3) is 5.33. The molecule has 1 N–H and O–H groups in total. The molecule has 0 fully saturated rings. The first-order valence-electron chi connectivity index (χ1n) is 11.4. The van der Waals surface area contributed by atoms with Crippen LogP contribution in [0.25, 0.3) is 22.8 Å². The number of amides is 1. The molecule has 1 amide bonds. The summed E-state index contributed by atoms with van der Waals surface area (Å²) in [7, 11) is 1.46. The summed E-state index contributed by atoms with van der Waals surface area (Å²) in [6.45, 7) is 7.33. The molecule has 0 radical (unpaired) electrons. The van der Waals surface area contributed by atoms with Gasteiger partial charge in [-0.1, -0.05) is 17.7 Å². The van der Waals surface area contributed by atoms with Gasteiger partial charge in [0.1, 0.15) is 11.6 Å². The van der Waals surface area contributed by atoms with E-state index in [1.165, 1.54) is 31.0 Å². The standard InChI is InChI=1S/C28H25N5O4/c1-16-10-18(3)27-22(11-16)17(2)12-25(31-27)33-28(21(14-29)15-30-33)32-26(35)9-7-20-6-8-23(37-19(4)34)24(13-20)36-5/h6-13,15H,1-5H3,(H,32,35)/b9-7+. The van der Waals surface area contributed by atoms with Crippen molar-refractivity contribution in [2.75, 3.05) is 12.4 Å². The largest absolute Gasteiger partial charge is 0.493 e. The minimum absolute atomic E-state index is 0.203. The molecule has 0 saturated heterocycles. The highest BCUT2D eigenvalue weighted by atomic mass is 16.6. The Morgan fingerprint density at radius 2 is 1.86 bits per heavy atom. The second-order valence-corrected chi connectivity index (χ2v) is 8.53. The summed E-state index contributed by atoms with van der Waals surface area (Å²) in [5, 5.41) is 17.7. The molecule has 186 valence electrons. The first-order chi connectivity index (χ1) is 17.7. The quantitative estimate of drug-likeness (QED) is 0.232. The van der Waals surface area contributed by atoms with Gasteiger partial charge in [0.15, 0.2) is 23.1 Å². The van der Waals surface area contributed by atoms with E-state index in [-0.39, 0.29) is 17.1 Å². The smallest absolute Gasteiger partial charge is 0.308 e. The number of carbonyl (C=O) groups excluding carboxylic acids is 2. The maximum absolute atomic E-state index is 12.8. The Morgan fingerprint density at radius 3 is 2.57 bits per heavy atom. The topological polar surface area (TPSA) is 119 Å². The molecule has 0 aliphatic rings. The number of pyridine rings is 1. The van der Waals surface area contributed by atoms with Crippen molar-refractivity contribution in [2.24, 2.45) is 0 Å². The normalized spacial score (nSPS) is 10.9. The lowest BCUT2D eigenvalue weighted by molar-refractivity contribution is -0.132. The molecule has 2 aromatic heterocycles. The van der Waals surface area contributed by atoms with Gasteiger partial charge in [0.05, 0.1) is 18.8 Å². The molecular weight excluding hydrogens is 470 g/mol. The number of nitriles is 1. The van der Waals surface area contributed by atoms with Crippen molar-refractivity contribution in [2.45, 2.75) is 27.7 Å². The summed E-state index contributed by atoms with van der Waals surface area (Å²) in [5.41, 5.74) is 4.86. The first kappa shape index (κ1) is 25.1. The molecule has 4 aromatic rings. The van der Waals surface area contributed by atoms with Crippen LogP contribution in [0.15, 0.2) is 48.7 Å². The molecule has 0 aliphatic heterocycles. The van der Waals surface area contributed by atoms with E-state index in [0.717, 1.165) is 27.6 Å². The average Bonchev–Trinajstić information content (AvgIpc) is 3.26. The second-order valence-electron chi connectivity index (χ2n) is 8.53. The third-order valence-electron chi connectivity index (χ3n) is 5.66. The van der Waals surface area contributed by atoms with E-state index >= 15 is 0 Å². The molecule has 37 heavy (non-hydrogen) atoms. The number of fused-ring (bicyclic) bond motifs is 1. The number of nitrogens with zero attached hydrogens (tertiary/aromatic N) is 4. The Balaban J connectivity index is 1.64.